The standard InChI is InChI=1S/C22H13ClFN7O4/c23-14-6-1-10(9-13(14)22(32)33)15-7-8-16(34-15)17(29-25)18-19(26-12-4-2-11(24)3-5-12)28-21-20(27-18)30-35-31-21/h1-9H,25H2,(H,32,33)(H,26,28,31). The fourth-order valence-electron chi connectivity index (χ4n) is 3.26. The Bertz CT molecular complexity index is 1600. The molecule has 0 atom stereocenters. The third kappa shape index (κ3) is 4.25. The molecule has 5 rings (SSSR count). The van der Waals surface area contributed by atoms with E-state index >= 15 is 0 Å². The van der Waals surface area contributed by atoms with E-state index in [2.05, 4.69) is 30.7 Å². The van der Waals surface area contributed by atoms with Gasteiger partial charge in [-0.05, 0) is 64.9 Å². The van der Waals surface area contributed by atoms with Crippen LogP contribution in [0.2, 0.25) is 5.02 Å². The molecule has 11 nitrogen and oxygen atoms in total. The van der Waals surface area contributed by atoms with Crippen molar-refractivity contribution in [3.8, 4) is 11.3 Å². The van der Waals surface area contributed by atoms with Gasteiger partial charge in [-0.1, -0.05) is 11.6 Å². The molecule has 0 aliphatic heterocycles. The van der Waals surface area contributed by atoms with Crippen molar-refractivity contribution in [3.05, 3.63) is 82.5 Å². The van der Waals surface area contributed by atoms with E-state index in [9.17, 15) is 14.3 Å². The van der Waals surface area contributed by atoms with Crippen LogP contribution in [0.25, 0.3) is 22.6 Å². The van der Waals surface area contributed by atoms with Crippen LogP contribution < -0.4 is 11.2 Å². The minimum Gasteiger partial charge on any atom is -0.478 e. The number of nitrogens with zero attached hydrogens (tertiary/aromatic N) is 5. The van der Waals surface area contributed by atoms with Crippen LogP contribution in [0.5, 0.6) is 0 Å². The Labute approximate surface area is 200 Å². The molecule has 2 aromatic carbocycles. The molecule has 0 radical (unpaired) electrons. The number of carboxylic acid groups (broad SMARTS) is 1. The first-order valence-corrected chi connectivity index (χ1v) is 10.3. The predicted molar refractivity (Wildman–Crippen MR) is 123 cm³/mol. The number of nitrogens with two attached hydrogens (primary N) is 1. The molecule has 5 aromatic rings. The van der Waals surface area contributed by atoms with Gasteiger partial charge in [-0.25, -0.2) is 23.8 Å². The fourth-order valence-corrected chi connectivity index (χ4v) is 3.46. The number of aromatic carboxylic acids is 1. The predicted octanol–water partition coefficient (Wildman–Crippen LogP) is 4.22. The SMILES string of the molecule is NN=C(c1ccc(-c2ccc(Cl)c(C(=O)O)c2)o1)c1nc2nonc2nc1Nc1ccc(F)cc1. The van der Waals surface area contributed by atoms with Crippen molar-refractivity contribution in [1.82, 2.24) is 20.3 Å². The highest BCUT2D eigenvalue weighted by molar-refractivity contribution is 6.33. The zero-order chi connectivity index (χ0) is 24.5. The molecule has 0 saturated heterocycles. The molecule has 0 aliphatic rings. The average molecular weight is 494 g/mol. The number of fused-ring (bicyclic) bond motifs is 1. The summed E-state index contributed by atoms with van der Waals surface area (Å²) in [5.74, 6) is 4.85. The minimum absolute atomic E-state index is 0.0736. The topological polar surface area (TPSA) is 166 Å². The summed E-state index contributed by atoms with van der Waals surface area (Å²) < 4.78 is 24.0. The number of hydrogen-bond donors (Lipinski definition) is 3. The first kappa shape index (κ1) is 22.0. The van der Waals surface area contributed by atoms with Gasteiger partial charge in [-0.2, -0.15) is 5.10 Å². The summed E-state index contributed by atoms with van der Waals surface area (Å²) in [7, 11) is 0. The molecule has 0 bridgehead atoms. The van der Waals surface area contributed by atoms with Crippen LogP contribution in [0.15, 0.2) is 68.7 Å². The highest BCUT2D eigenvalue weighted by atomic mass is 35.5. The van der Waals surface area contributed by atoms with Gasteiger partial charge in [0.15, 0.2) is 17.3 Å². The summed E-state index contributed by atoms with van der Waals surface area (Å²) in [6.45, 7) is 0. The van der Waals surface area contributed by atoms with Crippen molar-refractivity contribution in [2.24, 2.45) is 10.9 Å². The normalized spacial score (nSPS) is 11.7. The zero-order valence-corrected chi connectivity index (χ0v) is 18.2. The van der Waals surface area contributed by atoms with Gasteiger partial charge in [0.2, 0.25) is 11.3 Å². The zero-order valence-electron chi connectivity index (χ0n) is 17.4. The monoisotopic (exact) mass is 493 g/mol. The average Bonchev–Trinajstić information content (AvgIpc) is 3.51. The van der Waals surface area contributed by atoms with Crippen LogP contribution in [0.1, 0.15) is 21.8 Å². The van der Waals surface area contributed by atoms with Crippen LogP contribution in [0, 0.1) is 5.82 Å². The summed E-state index contributed by atoms with van der Waals surface area (Å²) in [6.07, 6.45) is 0. The molecule has 0 fully saturated rings. The van der Waals surface area contributed by atoms with Crippen LogP contribution in [-0.2, 0) is 0 Å². The van der Waals surface area contributed by atoms with Gasteiger partial charge in [-0.15, -0.1) is 0 Å². The van der Waals surface area contributed by atoms with E-state index < -0.39 is 11.8 Å². The number of hydrogen-bond acceptors (Lipinski definition) is 10. The van der Waals surface area contributed by atoms with E-state index in [4.69, 9.17) is 26.5 Å². The van der Waals surface area contributed by atoms with Gasteiger partial charge in [0.05, 0.1) is 10.6 Å². The van der Waals surface area contributed by atoms with Crippen LogP contribution >= 0.6 is 11.6 Å². The van der Waals surface area contributed by atoms with Crippen LogP contribution in [0.3, 0.4) is 0 Å². The van der Waals surface area contributed by atoms with Gasteiger partial charge >= 0.3 is 5.97 Å². The highest BCUT2D eigenvalue weighted by Gasteiger charge is 2.22. The Kier molecular flexibility index (Phi) is 5.55. The van der Waals surface area contributed by atoms with E-state index in [1.165, 1.54) is 36.4 Å². The molecule has 0 saturated carbocycles. The molecular formula is C22H13ClFN7O4. The number of rotatable bonds is 6. The number of carboxylic acids is 1. The number of benzene rings is 2. The molecule has 174 valence electrons. The molecule has 35 heavy (non-hydrogen) atoms. The lowest BCUT2D eigenvalue weighted by Gasteiger charge is -2.10. The second-order valence-corrected chi connectivity index (χ2v) is 7.51. The Morgan fingerprint density at radius 3 is 2.51 bits per heavy atom. The van der Waals surface area contributed by atoms with Crippen molar-refractivity contribution in [2.75, 3.05) is 5.32 Å². The highest BCUT2D eigenvalue weighted by Crippen LogP contribution is 2.29. The minimum atomic E-state index is -1.17. The summed E-state index contributed by atoms with van der Waals surface area (Å²) in [5, 5.41) is 23.7. The van der Waals surface area contributed by atoms with Gasteiger partial charge in [0.1, 0.15) is 17.3 Å². The van der Waals surface area contributed by atoms with Gasteiger partial charge in [0.25, 0.3) is 0 Å². The Morgan fingerprint density at radius 2 is 1.80 bits per heavy atom. The second-order valence-electron chi connectivity index (χ2n) is 7.11. The molecule has 0 unspecified atom stereocenters. The Morgan fingerprint density at radius 1 is 1.06 bits per heavy atom. The maximum atomic E-state index is 13.3. The molecule has 3 heterocycles. The van der Waals surface area contributed by atoms with Crippen molar-refractivity contribution < 1.29 is 23.3 Å². The largest absolute Gasteiger partial charge is 0.478 e. The van der Waals surface area contributed by atoms with Crippen molar-refractivity contribution in [1.29, 1.82) is 0 Å². The molecule has 13 heteroatoms. The Hall–Kier alpha value is -4.84. The molecule has 4 N–H and O–H groups in total. The van der Waals surface area contributed by atoms with Gasteiger partial charge in [0, 0.05) is 11.3 Å². The number of hydrazone groups is 1. The molecule has 0 amide bonds. The summed E-state index contributed by atoms with van der Waals surface area (Å²) in [6, 6.07) is 13.2. The van der Waals surface area contributed by atoms with Gasteiger partial charge in [-0.3, -0.25) is 0 Å². The molecule has 0 aliphatic carbocycles. The van der Waals surface area contributed by atoms with E-state index in [-0.39, 0.29) is 44.9 Å². The number of furan rings is 1. The lowest BCUT2D eigenvalue weighted by atomic mass is 10.1. The van der Waals surface area contributed by atoms with E-state index in [1.54, 1.807) is 18.2 Å². The first-order chi connectivity index (χ1) is 16.9. The Balaban J connectivity index is 1.57. The van der Waals surface area contributed by atoms with E-state index in [0.717, 1.165) is 0 Å². The molecule has 0 spiro atoms. The van der Waals surface area contributed by atoms with Crippen molar-refractivity contribution >= 4 is 46.1 Å². The molecular weight excluding hydrogens is 481 g/mol. The van der Waals surface area contributed by atoms with E-state index in [0.29, 0.717) is 17.0 Å². The third-order valence-corrected chi connectivity index (χ3v) is 5.22. The van der Waals surface area contributed by atoms with Crippen molar-refractivity contribution in [3.63, 3.8) is 0 Å². The lowest BCUT2D eigenvalue weighted by molar-refractivity contribution is 0.0697. The maximum Gasteiger partial charge on any atom is 0.337 e. The number of carbonyl (C=O) groups is 1. The maximum absolute atomic E-state index is 13.3. The number of nitrogens with one attached hydrogen (secondary N) is 1. The second kappa shape index (κ2) is 8.83. The number of halogens is 2. The van der Waals surface area contributed by atoms with Crippen LogP contribution in [0.4, 0.5) is 15.9 Å². The number of aromatic nitrogens is 4. The van der Waals surface area contributed by atoms with Crippen LogP contribution in [-0.4, -0.2) is 37.1 Å². The lowest BCUT2D eigenvalue weighted by Crippen LogP contribution is -2.13. The van der Waals surface area contributed by atoms with E-state index in [1.807, 2.05) is 0 Å². The number of anilines is 2. The first-order valence-electron chi connectivity index (χ1n) is 9.87. The smallest absolute Gasteiger partial charge is 0.337 e. The third-order valence-electron chi connectivity index (χ3n) is 4.90. The quantitative estimate of drug-likeness (QED) is 0.177. The molecule has 3 aromatic heterocycles. The van der Waals surface area contributed by atoms with Crippen molar-refractivity contribution in [2.45, 2.75) is 0 Å². The summed E-state index contributed by atoms with van der Waals surface area (Å²) >= 11 is 5.96. The summed E-state index contributed by atoms with van der Waals surface area (Å²) in [4.78, 5) is 20.2. The van der Waals surface area contributed by atoms with Gasteiger partial charge < -0.3 is 20.7 Å². The summed E-state index contributed by atoms with van der Waals surface area (Å²) in [5.41, 5.74) is 1.39. The fraction of sp³-hybridized carbons (Fsp3) is 0.